The lowest BCUT2D eigenvalue weighted by Gasteiger charge is -2.21. The van der Waals surface area contributed by atoms with Crippen LogP contribution < -0.4 is 5.32 Å². The van der Waals surface area contributed by atoms with Gasteiger partial charge in [0.2, 0.25) is 0 Å². The summed E-state index contributed by atoms with van der Waals surface area (Å²) < 4.78 is 22.5. The highest BCUT2D eigenvalue weighted by molar-refractivity contribution is 5.90. The van der Waals surface area contributed by atoms with Crippen LogP contribution in [-0.4, -0.2) is 37.6 Å². The summed E-state index contributed by atoms with van der Waals surface area (Å²) in [6, 6.07) is 4.87. The van der Waals surface area contributed by atoms with Crippen LogP contribution in [0, 0.1) is 11.7 Å². The highest BCUT2D eigenvalue weighted by Gasteiger charge is 2.26. The van der Waals surface area contributed by atoms with Gasteiger partial charge in [-0.1, -0.05) is 32.4 Å². The summed E-state index contributed by atoms with van der Waals surface area (Å²) >= 11 is 0. The molecule has 0 radical (unpaired) electrons. The summed E-state index contributed by atoms with van der Waals surface area (Å²) in [5, 5.41) is 2.49. The Labute approximate surface area is 146 Å². The zero-order valence-corrected chi connectivity index (χ0v) is 14.5. The lowest BCUT2D eigenvalue weighted by molar-refractivity contribution is -0.148. The summed E-state index contributed by atoms with van der Waals surface area (Å²) in [4.78, 5) is 35.1. The summed E-state index contributed by atoms with van der Waals surface area (Å²) in [7, 11) is 1.24. The van der Waals surface area contributed by atoms with Gasteiger partial charge in [0.1, 0.15) is 11.9 Å². The van der Waals surface area contributed by atoms with Crippen molar-refractivity contribution in [1.82, 2.24) is 5.32 Å². The first-order valence-electron chi connectivity index (χ1n) is 7.85. The first-order chi connectivity index (χ1) is 11.9. The van der Waals surface area contributed by atoms with Gasteiger partial charge >= 0.3 is 11.9 Å². The van der Waals surface area contributed by atoms with Gasteiger partial charge in [-0.05, 0) is 29.7 Å². The minimum Gasteiger partial charge on any atom is -0.467 e. The second-order valence-electron chi connectivity index (χ2n) is 5.45. The van der Waals surface area contributed by atoms with E-state index >= 15 is 0 Å². The fraction of sp³-hybridized carbons (Fsp3) is 0.389. The molecule has 0 saturated heterocycles. The largest absolute Gasteiger partial charge is 0.467 e. The number of benzene rings is 1. The van der Waals surface area contributed by atoms with Gasteiger partial charge in [-0.3, -0.25) is 4.79 Å². The number of carbonyl (C=O) groups excluding carboxylic acids is 3. The molecule has 0 aliphatic heterocycles. The Hall–Kier alpha value is -2.70. The number of carbonyl (C=O) groups is 3. The zero-order valence-electron chi connectivity index (χ0n) is 14.5. The van der Waals surface area contributed by atoms with Crippen molar-refractivity contribution in [2.45, 2.75) is 26.3 Å². The summed E-state index contributed by atoms with van der Waals surface area (Å²) in [5.74, 6) is -2.46. The third-order valence-electron chi connectivity index (χ3n) is 3.59. The number of esters is 2. The van der Waals surface area contributed by atoms with Crippen molar-refractivity contribution in [3.8, 4) is 0 Å². The van der Waals surface area contributed by atoms with Gasteiger partial charge < -0.3 is 14.8 Å². The Balaban J connectivity index is 2.51. The molecule has 0 aliphatic carbocycles. The molecule has 2 atom stereocenters. The summed E-state index contributed by atoms with van der Waals surface area (Å²) in [6.07, 6.45) is 3.13. The second kappa shape index (κ2) is 10.2. The number of ether oxygens (including phenoxy) is 2. The quantitative estimate of drug-likeness (QED) is 0.573. The fourth-order valence-electron chi connectivity index (χ4n) is 1.97. The number of halogens is 1. The molecule has 136 valence electrons. The minimum atomic E-state index is -0.802. The number of nitrogens with one attached hydrogen (secondary N) is 1. The molecule has 25 heavy (non-hydrogen) atoms. The monoisotopic (exact) mass is 351 g/mol. The number of amides is 1. The number of methoxy groups -OCH3 is 1. The van der Waals surface area contributed by atoms with E-state index in [-0.39, 0.29) is 5.92 Å². The average Bonchev–Trinajstić information content (AvgIpc) is 2.61. The predicted molar refractivity (Wildman–Crippen MR) is 89.8 cm³/mol. The third-order valence-corrected chi connectivity index (χ3v) is 3.59. The molecule has 0 spiro atoms. The maximum absolute atomic E-state index is 13.0. The standard InChI is InChI=1S/C18H22FNO5/c1-4-12(2)17(18(23)24-3)20-15(21)11-25-16(22)9-8-13-6-5-7-14(19)10-13/h5-10,12,17H,4,11H2,1-3H3,(H,20,21)/b9-8+/t12-,17+/m0/s1. The van der Waals surface area contributed by atoms with Crippen molar-refractivity contribution >= 4 is 23.9 Å². The summed E-state index contributed by atoms with van der Waals surface area (Å²) in [5.41, 5.74) is 0.490. The number of hydrogen-bond donors (Lipinski definition) is 1. The van der Waals surface area contributed by atoms with Gasteiger partial charge in [0, 0.05) is 6.08 Å². The van der Waals surface area contributed by atoms with E-state index in [0.29, 0.717) is 12.0 Å². The molecule has 7 heteroatoms. The molecular formula is C18H22FNO5. The number of hydrogen-bond acceptors (Lipinski definition) is 5. The molecule has 1 aromatic rings. The molecule has 1 amide bonds. The molecule has 0 aliphatic rings. The van der Waals surface area contributed by atoms with Gasteiger partial charge in [0.25, 0.3) is 5.91 Å². The topological polar surface area (TPSA) is 81.7 Å². The van der Waals surface area contributed by atoms with Gasteiger partial charge in [-0.25, -0.2) is 14.0 Å². The van der Waals surface area contributed by atoms with Crippen molar-refractivity contribution in [3.63, 3.8) is 0 Å². The Morgan fingerprint density at radius 1 is 1.32 bits per heavy atom. The van der Waals surface area contributed by atoms with E-state index in [1.807, 2.05) is 6.92 Å². The van der Waals surface area contributed by atoms with Gasteiger partial charge in [-0.15, -0.1) is 0 Å². The lowest BCUT2D eigenvalue weighted by Crippen LogP contribution is -2.47. The van der Waals surface area contributed by atoms with Crippen LogP contribution in [0.1, 0.15) is 25.8 Å². The molecule has 1 aromatic carbocycles. The Bertz CT molecular complexity index is 644. The van der Waals surface area contributed by atoms with Crippen LogP contribution >= 0.6 is 0 Å². The minimum absolute atomic E-state index is 0.125. The average molecular weight is 351 g/mol. The highest BCUT2D eigenvalue weighted by atomic mass is 19.1. The molecule has 6 nitrogen and oxygen atoms in total. The maximum atomic E-state index is 13.0. The molecule has 0 unspecified atom stereocenters. The van der Waals surface area contributed by atoms with E-state index < -0.39 is 36.3 Å². The maximum Gasteiger partial charge on any atom is 0.331 e. The normalized spacial score (nSPS) is 13.1. The Morgan fingerprint density at radius 3 is 2.64 bits per heavy atom. The molecule has 1 N–H and O–H groups in total. The molecule has 0 heterocycles. The van der Waals surface area contributed by atoms with E-state index in [0.717, 1.165) is 6.08 Å². The predicted octanol–water partition coefficient (Wildman–Crippen LogP) is 2.09. The molecule has 1 rings (SSSR count). The van der Waals surface area contributed by atoms with Crippen molar-refractivity contribution in [3.05, 3.63) is 41.7 Å². The van der Waals surface area contributed by atoms with E-state index in [1.54, 1.807) is 13.0 Å². The van der Waals surface area contributed by atoms with E-state index in [1.165, 1.54) is 31.4 Å². The van der Waals surface area contributed by atoms with E-state index in [9.17, 15) is 18.8 Å². The summed E-state index contributed by atoms with van der Waals surface area (Å²) in [6.45, 7) is 3.15. The molecule has 0 fully saturated rings. The van der Waals surface area contributed by atoms with Gasteiger partial charge in [0.05, 0.1) is 7.11 Å². The van der Waals surface area contributed by atoms with Crippen molar-refractivity contribution < 1.29 is 28.2 Å². The van der Waals surface area contributed by atoms with Crippen LogP contribution in [0.3, 0.4) is 0 Å². The highest BCUT2D eigenvalue weighted by Crippen LogP contribution is 2.09. The molecule has 0 saturated carbocycles. The SMILES string of the molecule is CC[C@H](C)[C@@H](NC(=O)COC(=O)/C=C/c1cccc(F)c1)C(=O)OC. The van der Waals surface area contributed by atoms with Crippen LogP contribution in [-0.2, 0) is 23.9 Å². The fourth-order valence-corrected chi connectivity index (χ4v) is 1.97. The first kappa shape index (κ1) is 20.3. The van der Waals surface area contributed by atoms with Crippen LogP contribution in [0.25, 0.3) is 6.08 Å². The van der Waals surface area contributed by atoms with Crippen molar-refractivity contribution in [1.29, 1.82) is 0 Å². The van der Waals surface area contributed by atoms with Gasteiger partial charge in [0.15, 0.2) is 6.61 Å². The van der Waals surface area contributed by atoms with Crippen LogP contribution in [0.5, 0.6) is 0 Å². The first-order valence-corrected chi connectivity index (χ1v) is 7.85. The third kappa shape index (κ3) is 7.15. The second-order valence-corrected chi connectivity index (χ2v) is 5.45. The zero-order chi connectivity index (χ0) is 18.8. The van der Waals surface area contributed by atoms with Crippen molar-refractivity contribution in [2.75, 3.05) is 13.7 Å². The smallest absolute Gasteiger partial charge is 0.331 e. The van der Waals surface area contributed by atoms with E-state index in [4.69, 9.17) is 4.74 Å². The molecule has 0 bridgehead atoms. The van der Waals surface area contributed by atoms with Gasteiger partial charge in [-0.2, -0.15) is 0 Å². The Kier molecular flexibility index (Phi) is 8.32. The van der Waals surface area contributed by atoms with E-state index in [2.05, 4.69) is 10.1 Å². The van der Waals surface area contributed by atoms with Crippen LogP contribution in [0.4, 0.5) is 4.39 Å². The van der Waals surface area contributed by atoms with Crippen LogP contribution in [0.2, 0.25) is 0 Å². The lowest BCUT2D eigenvalue weighted by atomic mass is 9.99. The molecule has 0 aromatic heterocycles. The van der Waals surface area contributed by atoms with Crippen molar-refractivity contribution in [2.24, 2.45) is 5.92 Å². The Morgan fingerprint density at radius 2 is 2.04 bits per heavy atom. The van der Waals surface area contributed by atoms with Crippen LogP contribution in [0.15, 0.2) is 30.3 Å². The molecular weight excluding hydrogens is 329 g/mol. The number of rotatable bonds is 8.